The number of hydrogen-bond donors (Lipinski definition) is 1. The van der Waals surface area contributed by atoms with Crippen LogP contribution in [0.5, 0.6) is 11.5 Å². The zero-order chi connectivity index (χ0) is 17.5. The average molecular weight is 349 g/mol. The van der Waals surface area contributed by atoms with Gasteiger partial charge >= 0.3 is 5.97 Å². The van der Waals surface area contributed by atoms with Crippen LogP contribution in [-0.4, -0.2) is 29.3 Å². The molecular weight excluding hydrogens is 326 g/mol. The van der Waals surface area contributed by atoms with Crippen LogP contribution in [0.4, 0.5) is 0 Å². The molecule has 1 aromatic heterocycles. The average Bonchev–Trinajstić information content (AvgIpc) is 2.95. The highest BCUT2D eigenvalue weighted by Crippen LogP contribution is 2.35. The monoisotopic (exact) mass is 349 g/mol. The van der Waals surface area contributed by atoms with E-state index in [1.807, 2.05) is 25.1 Å². The molecule has 1 heterocycles. The quantitative estimate of drug-likeness (QED) is 0.660. The lowest BCUT2D eigenvalue weighted by Gasteiger charge is -2.12. The van der Waals surface area contributed by atoms with E-state index >= 15 is 0 Å². The van der Waals surface area contributed by atoms with E-state index in [-0.39, 0.29) is 4.88 Å². The first kappa shape index (κ1) is 18.3. The standard InChI is InChI=1S/C18H23NO4S/c1-4-6-7-10-23-14-9-8-13(11-15(14)22-5-2)17-19-12(3)16(24-17)18(20)21/h8-9,11H,4-7,10H2,1-3H3,(H,20,21). The molecule has 24 heavy (non-hydrogen) atoms. The molecular formula is C18H23NO4S. The van der Waals surface area contributed by atoms with Gasteiger partial charge < -0.3 is 14.6 Å². The number of nitrogens with zero attached hydrogens (tertiary/aromatic N) is 1. The second-order valence-electron chi connectivity index (χ2n) is 5.39. The minimum absolute atomic E-state index is 0.267. The number of unbranched alkanes of at least 4 members (excludes halogenated alkanes) is 2. The van der Waals surface area contributed by atoms with Crippen LogP contribution in [0.2, 0.25) is 0 Å². The topological polar surface area (TPSA) is 68.7 Å². The van der Waals surface area contributed by atoms with E-state index in [0.717, 1.165) is 24.8 Å². The molecule has 0 saturated carbocycles. The van der Waals surface area contributed by atoms with Gasteiger partial charge in [0.05, 0.1) is 18.9 Å². The van der Waals surface area contributed by atoms with Crippen molar-refractivity contribution < 1.29 is 19.4 Å². The third-order valence-corrected chi connectivity index (χ3v) is 4.68. The van der Waals surface area contributed by atoms with Crippen LogP contribution in [0.3, 0.4) is 0 Å². The van der Waals surface area contributed by atoms with Crippen LogP contribution in [0, 0.1) is 6.92 Å². The first-order valence-corrected chi connectivity index (χ1v) is 8.99. The van der Waals surface area contributed by atoms with Gasteiger partial charge in [-0.05, 0) is 38.5 Å². The van der Waals surface area contributed by atoms with E-state index in [1.54, 1.807) is 6.92 Å². The van der Waals surface area contributed by atoms with Crippen molar-refractivity contribution in [2.24, 2.45) is 0 Å². The Morgan fingerprint density at radius 2 is 2.00 bits per heavy atom. The molecule has 0 atom stereocenters. The van der Waals surface area contributed by atoms with Crippen LogP contribution < -0.4 is 9.47 Å². The maximum absolute atomic E-state index is 11.2. The van der Waals surface area contributed by atoms with E-state index in [9.17, 15) is 9.90 Å². The van der Waals surface area contributed by atoms with Crippen molar-refractivity contribution >= 4 is 17.3 Å². The minimum atomic E-state index is -0.947. The van der Waals surface area contributed by atoms with Gasteiger partial charge in [-0.3, -0.25) is 0 Å². The largest absolute Gasteiger partial charge is 0.490 e. The summed E-state index contributed by atoms with van der Waals surface area (Å²) in [5, 5.41) is 9.85. The number of aryl methyl sites for hydroxylation is 1. The zero-order valence-electron chi connectivity index (χ0n) is 14.3. The Labute approximate surface area is 146 Å². The van der Waals surface area contributed by atoms with Crippen molar-refractivity contribution in [3.05, 3.63) is 28.8 Å². The molecule has 0 unspecified atom stereocenters. The first-order valence-electron chi connectivity index (χ1n) is 8.17. The third-order valence-electron chi connectivity index (χ3n) is 3.49. The predicted molar refractivity (Wildman–Crippen MR) is 95.4 cm³/mol. The highest BCUT2D eigenvalue weighted by Gasteiger charge is 2.16. The second-order valence-corrected chi connectivity index (χ2v) is 6.39. The molecule has 1 N–H and O–H groups in total. The summed E-state index contributed by atoms with van der Waals surface area (Å²) in [7, 11) is 0. The molecule has 130 valence electrons. The molecule has 0 amide bonds. The Kier molecular flexibility index (Phi) is 6.61. The van der Waals surface area contributed by atoms with E-state index in [2.05, 4.69) is 11.9 Å². The summed E-state index contributed by atoms with van der Waals surface area (Å²) < 4.78 is 11.5. The number of carboxylic acid groups (broad SMARTS) is 1. The number of rotatable bonds is 9. The van der Waals surface area contributed by atoms with Crippen LogP contribution in [0.15, 0.2) is 18.2 Å². The maximum Gasteiger partial charge on any atom is 0.347 e. The molecule has 2 rings (SSSR count). The molecule has 6 heteroatoms. The summed E-state index contributed by atoms with van der Waals surface area (Å²) in [6.07, 6.45) is 3.30. The Morgan fingerprint density at radius 3 is 2.62 bits per heavy atom. The SMILES string of the molecule is CCCCCOc1ccc(-c2nc(C)c(C(=O)O)s2)cc1OCC. The molecule has 2 aromatic rings. The Balaban J connectivity index is 2.24. The van der Waals surface area contributed by atoms with Crippen molar-refractivity contribution in [2.75, 3.05) is 13.2 Å². The van der Waals surface area contributed by atoms with E-state index < -0.39 is 5.97 Å². The summed E-state index contributed by atoms with van der Waals surface area (Å²) in [4.78, 5) is 15.8. The maximum atomic E-state index is 11.2. The summed E-state index contributed by atoms with van der Waals surface area (Å²) >= 11 is 1.17. The smallest absolute Gasteiger partial charge is 0.347 e. The molecule has 0 fully saturated rings. The lowest BCUT2D eigenvalue weighted by Crippen LogP contribution is -2.01. The van der Waals surface area contributed by atoms with Crippen molar-refractivity contribution in [3.63, 3.8) is 0 Å². The molecule has 0 radical (unpaired) electrons. The highest BCUT2D eigenvalue weighted by molar-refractivity contribution is 7.17. The van der Waals surface area contributed by atoms with Crippen LogP contribution in [-0.2, 0) is 0 Å². The molecule has 0 saturated heterocycles. The van der Waals surface area contributed by atoms with Gasteiger partial charge in [-0.1, -0.05) is 19.8 Å². The summed E-state index contributed by atoms with van der Waals surface area (Å²) in [6, 6.07) is 5.62. The summed E-state index contributed by atoms with van der Waals surface area (Å²) in [5.41, 5.74) is 1.36. The van der Waals surface area contributed by atoms with E-state index in [1.165, 1.54) is 11.3 Å². The van der Waals surface area contributed by atoms with Crippen molar-refractivity contribution in [2.45, 2.75) is 40.0 Å². The van der Waals surface area contributed by atoms with Crippen LogP contribution in [0.1, 0.15) is 48.5 Å². The van der Waals surface area contributed by atoms with Gasteiger partial charge in [-0.25, -0.2) is 9.78 Å². The lowest BCUT2D eigenvalue weighted by molar-refractivity contribution is 0.0701. The van der Waals surface area contributed by atoms with Gasteiger partial charge in [-0.2, -0.15) is 0 Å². The molecule has 0 aliphatic carbocycles. The Bertz CT molecular complexity index is 696. The molecule has 0 aliphatic rings. The highest BCUT2D eigenvalue weighted by atomic mass is 32.1. The normalized spacial score (nSPS) is 10.6. The van der Waals surface area contributed by atoms with Gasteiger partial charge in [0.2, 0.25) is 0 Å². The number of hydrogen-bond acceptors (Lipinski definition) is 5. The number of aromatic nitrogens is 1. The number of thiazole rings is 1. The fourth-order valence-electron chi connectivity index (χ4n) is 2.28. The predicted octanol–water partition coefficient (Wildman–Crippen LogP) is 4.78. The van der Waals surface area contributed by atoms with Crippen LogP contribution in [0.25, 0.3) is 10.6 Å². The fraction of sp³-hybridized carbons (Fsp3) is 0.444. The number of aromatic carboxylic acids is 1. The number of benzene rings is 1. The number of carboxylic acids is 1. The van der Waals surface area contributed by atoms with E-state index in [4.69, 9.17) is 9.47 Å². The van der Waals surface area contributed by atoms with Gasteiger partial charge in [0, 0.05) is 5.56 Å². The van der Waals surface area contributed by atoms with Crippen LogP contribution >= 0.6 is 11.3 Å². The minimum Gasteiger partial charge on any atom is -0.490 e. The number of carbonyl (C=O) groups is 1. The molecule has 0 spiro atoms. The fourth-order valence-corrected chi connectivity index (χ4v) is 3.18. The van der Waals surface area contributed by atoms with Gasteiger partial charge in [0.15, 0.2) is 11.5 Å². The second kappa shape index (κ2) is 8.68. The van der Waals surface area contributed by atoms with Crippen molar-refractivity contribution in [1.82, 2.24) is 4.98 Å². The molecule has 0 aliphatic heterocycles. The Morgan fingerprint density at radius 1 is 1.21 bits per heavy atom. The zero-order valence-corrected chi connectivity index (χ0v) is 15.1. The van der Waals surface area contributed by atoms with Crippen molar-refractivity contribution in [3.8, 4) is 22.1 Å². The lowest BCUT2D eigenvalue weighted by atomic mass is 10.2. The third kappa shape index (κ3) is 4.47. The molecule has 1 aromatic carbocycles. The Hall–Kier alpha value is -2.08. The molecule has 0 bridgehead atoms. The summed E-state index contributed by atoms with van der Waals surface area (Å²) in [6.45, 7) is 6.97. The van der Waals surface area contributed by atoms with Crippen molar-refractivity contribution in [1.29, 1.82) is 0 Å². The van der Waals surface area contributed by atoms with E-state index in [0.29, 0.717) is 35.4 Å². The molecule has 5 nitrogen and oxygen atoms in total. The summed E-state index contributed by atoms with van der Waals surface area (Å²) in [5.74, 6) is 0.428. The van der Waals surface area contributed by atoms with Gasteiger partial charge in [0.25, 0.3) is 0 Å². The first-order chi connectivity index (χ1) is 11.6. The van der Waals surface area contributed by atoms with Gasteiger partial charge in [-0.15, -0.1) is 11.3 Å². The number of ether oxygens (including phenoxy) is 2. The van der Waals surface area contributed by atoms with Gasteiger partial charge in [0.1, 0.15) is 9.88 Å².